The third kappa shape index (κ3) is 4.28. The fourth-order valence-electron chi connectivity index (χ4n) is 2.89. The fourth-order valence-corrected chi connectivity index (χ4v) is 2.89. The van der Waals surface area contributed by atoms with E-state index in [1.165, 1.54) is 17.0 Å². The van der Waals surface area contributed by atoms with Crippen LogP contribution < -0.4 is 14.4 Å². The van der Waals surface area contributed by atoms with Gasteiger partial charge in [-0.2, -0.15) is 4.98 Å². The number of ether oxygens (including phenoxy) is 3. The van der Waals surface area contributed by atoms with E-state index in [9.17, 15) is 14.3 Å². The van der Waals surface area contributed by atoms with E-state index in [0.29, 0.717) is 30.2 Å². The topological polar surface area (TPSA) is 81.1 Å². The van der Waals surface area contributed by atoms with E-state index >= 15 is 0 Å². The van der Waals surface area contributed by atoms with Crippen LogP contribution in [-0.2, 0) is 11.2 Å². The zero-order chi connectivity index (χ0) is 19.4. The Kier molecular flexibility index (Phi) is 5.75. The molecule has 1 aliphatic heterocycles. The smallest absolute Gasteiger partial charge is 0.412 e. The molecule has 0 saturated heterocycles. The number of anilines is 1. The Morgan fingerprint density at radius 3 is 2.78 bits per heavy atom. The second kappa shape index (κ2) is 8.22. The molecule has 1 atom stereocenters. The molecule has 0 aliphatic carbocycles. The number of nitrogens with zero attached hydrogens (tertiary/aromatic N) is 2. The molecule has 1 aromatic heterocycles. The molecule has 144 valence electrons. The van der Waals surface area contributed by atoms with E-state index in [1.54, 1.807) is 32.2 Å². The molecule has 27 heavy (non-hydrogen) atoms. The Balaban J connectivity index is 1.99. The first-order valence-electron chi connectivity index (χ1n) is 8.54. The number of carbonyl (C=O) groups is 1. The molecule has 1 N–H and O–H groups in total. The summed E-state index contributed by atoms with van der Waals surface area (Å²) in [6, 6.07) is 7.46. The van der Waals surface area contributed by atoms with Crippen molar-refractivity contribution in [1.82, 2.24) is 4.98 Å². The summed E-state index contributed by atoms with van der Waals surface area (Å²) in [5.74, 6) is 0.235. The fraction of sp³-hybridized carbons (Fsp3) is 0.368. The van der Waals surface area contributed by atoms with E-state index in [4.69, 9.17) is 14.2 Å². The van der Waals surface area contributed by atoms with Crippen LogP contribution in [0.25, 0.3) is 0 Å². The van der Waals surface area contributed by atoms with Gasteiger partial charge in [-0.3, -0.25) is 4.90 Å². The summed E-state index contributed by atoms with van der Waals surface area (Å²) in [5.41, 5.74) is 1.90. The number of benzene rings is 1. The van der Waals surface area contributed by atoms with Crippen LogP contribution in [0.1, 0.15) is 18.1 Å². The summed E-state index contributed by atoms with van der Waals surface area (Å²) < 4.78 is 29.5. The first-order chi connectivity index (χ1) is 13.0. The van der Waals surface area contributed by atoms with E-state index in [0.717, 1.165) is 5.56 Å². The number of hydrogen-bond acceptors (Lipinski definition) is 5. The van der Waals surface area contributed by atoms with Gasteiger partial charge in [-0.15, -0.1) is 0 Å². The molecule has 0 radical (unpaired) electrons. The van der Waals surface area contributed by atoms with Crippen LogP contribution in [0.5, 0.6) is 11.8 Å². The first kappa shape index (κ1) is 18.9. The van der Waals surface area contributed by atoms with Crippen molar-refractivity contribution >= 4 is 11.8 Å². The average molecular weight is 376 g/mol. The Morgan fingerprint density at radius 2 is 2.11 bits per heavy atom. The minimum atomic E-state index is -1.07. The highest BCUT2D eigenvalue weighted by molar-refractivity contribution is 5.89. The quantitative estimate of drug-likeness (QED) is 0.781. The summed E-state index contributed by atoms with van der Waals surface area (Å²) >= 11 is 0. The lowest BCUT2D eigenvalue weighted by Gasteiger charge is -2.32. The molecule has 1 aromatic carbocycles. The molecule has 1 amide bonds. The van der Waals surface area contributed by atoms with Crippen LogP contribution in [0, 0.1) is 5.82 Å². The summed E-state index contributed by atoms with van der Waals surface area (Å²) in [6.07, 6.45) is -0.667. The van der Waals surface area contributed by atoms with Gasteiger partial charge in [-0.1, -0.05) is 12.1 Å². The number of hydrogen-bond donors (Lipinski definition) is 1. The van der Waals surface area contributed by atoms with Gasteiger partial charge in [0, 0.05) is 19.1 Å². The highest BCUT2D eigenvalue weighted by atomic mass is 19.1. The predicted molar refractivity (Wildman–Crippen MR) is 96.3 cm³/mol. The maximum Gasteiger partial charge on any atom is 0.412 e. The van der Waals surface area contributed by atoms with Crippen LogP contribution in [0.3, 0.4) is 0 Å². The van der Waals surface area contributed by atoms with Gasteiger partial charge in [0.05, 0.1) is 12.6 Å². The number of fused-ring (bicyclic) bond motifs is 1. The molecule has 0 bridgehead atoms. The number of rotatable bonds is 6. The summed E-state index contributed by atoms with van der Waals surface area (Å²) in [5, 5.41) is 9.56. The molecular weight excluding hydrogens is 355 g/mol. The minimum Gasteiger partial charge on any atom is -0.475 e. The van der Waals surface area contributed by atoms with Gasteiger partial charge in [-0.05, 0) is 30.7 Å². The van der Waals surface area contributed by atoms with Crippen LogP contribution in [0.15, 0.2) is 30.3 Å². The molecule has 0 saturated carbocycles. The monoisotopic (exact) mass is 376 g/mol. The second-order valence-electron chi connectivity index (χ2n) is 6.23. The zero-order valence-electron chi connectivity index (χ0n) is 15.1. The van der Waals surface area contributed by atoms with Crippen LogP contribution in [0.2, 0.25) is 0 Å². The minimum absolute atomic E-state index is 0.209. The summed E-state index contributed by atoms with van der Waals surface area (Å²) in [7, 11) is 1.57. The normalized spacial score (nSPS) is 15.8. The Hall–Kier alpha value is -2.87. The van der Waals surface area contributed by atoms with Crippen molar-refractivity contribution in [3.8, 4) is 11.8 Å². The molecular formula is C19H21FN2O5. The van der Waals surface area contributed by atoms with E-state index in [1.807, 2.05) is 0 Å². The summed E-state index contributed by atoms with van der Waals surface area (Å²) in [4.78, 5) is 17.3. The van der Waals surface area contributed by atoms with E-state index in [2.05, 4.69) is 4.98 Å². The molecule has 7 nitrogen and oxygen atoms in total. The third-order valence-corrected chi connectivity index (χ3v) is 4.21. The number of methoxy groups -OCH3 is 1. The zero-order valence-corrected chi connectivity index (χ0v) is 15.1. The maximum absolute atomic E-state index is 13.2. The molecule has 0 spiro atoms. The molecule has 1 aliphatic rings. The van der Waals surface area contributed by atoms with Crippen molar-refractivity contribution in [3.63, 3.8) is 0 Å². The standard InChI is InChI=1S/C19H21FN2O5/c1-12-11-27-18-16(22(12)19(23)24)10-14(17(21-18)26-8-7-25-2)9-13-3-5-15(20)6-4-13/h3-6,10,12H,7-9,11H2,1-2H3,(H,23,24). The van der Waals surface area contributed by atoms with Gasteiger partial charge in [0.2, 0.25) is 11.8 Å². The van der Waals surface area contributed by atoms with Crippen LogP contribution in [0.4, 0.5) is 14.9 Å². The Morgan fingerprint density at radius 1 is 1.37 bits per heavy atom. The van der Waals surface area contributed by atoms with E-state index in [-0.39, 0.29) is 31.0 Å². The third-order valence-electron chi connectivity index (χ3n) is 4.21. The van der Waals surface area contributed by atoms with Gasteiger partial charge in [0.15, 0.2) is 0 Å². The van der Waals surface area contributed by atoms with Gasteiger partial charge >= 0.3 is 6.09 Å². The van der Waals surface area contributed by atoms with Crippen molar-refractivity contribution < 1.29 is 28.5 Å². The predicted octanol–water partition coefficient (Wildman–Crippen LogP) is 3.10. The van der Waals surface area contributed by atoms with Gasteiger partial charge in [0.25, 0.3) is 0 Å². The molecule has 1 unspecified atom stereocenters. The second-order valence-corrected chi connectivity index (χ2v) is 6.23. The number of amides is 1. The van der Waals surface area contributed by atoms with Crippen molar-refractivity contribution in [2.24, 2.45) is 0 Å². The lowest BCUT2D eigenvalue weighted by molar-refractivity contribution is 0.142. The Labute approximate surface area is 156 Å². The molecule has 2 heterocycles. The van der Waals surface area contributed by atoms with Crippen molar-refractivity contribution in [2.75, 3.05) is 31.8 Å². The Bertz CT molecular complexity index is 812. The van der Waals surface area contributed by atoms with Gasteiger partial charge in [0.1, 0.15) is 24.7 Å². The highest BCUT2D eigenvalue weighted by Gasteiger charge is 2.32. The lowest BCUT2D eigenvalue weighted by Crippen LogP contribution is -2.44. The lowest BCUT2D eigenvalue weighted by atomic mass is 10.0. The van der Waals surface area contributed by atoms with Crippen LogP contribution in [-0.4, -0.2) is 49.2 Å². The molecule has 3 rings (SSSR count). The number of pyridine rings is 1. The van der Waals surface area contributed by atoms with E-state index < -0.39 is 6.09 Å². The van der Waals surface area contributed by atoms with Crippen molar-refractivity contribution in [1.29, 1.82) is 0 Å². The van der Waals surface area contributed by atoms with Gasteiger partial charge < -0.3 is 19.3 Å². The molecule has 2 aromatic rings. The van der Waals surface area contributed by atoms with Crippen molar-refractivity contribution in [2.45, 2.75) is 19.4 Å². The highest BCUT2D eigenvalue weighted by Crippen LogP contribution is 2.37. The number of aromatic nitrogens is 1. The summed E-state index contributed by atoms with van der Waals surface area (Å²) in [6.45, 7) is 2.65. The largest absolute Gasteiger partial charge is 0.475 e. The maximum atomic E-state index is 13.2. The van der Waals surface area contributed by atoms with Gasteiger partial charge in [-0.25, -0.2) is 9.18 Å². The van der Waals surface area contributed by atoms with Crippen LogP contribution >= 0.6 is 0 Å². The molecule has 0 fully saturated rings. The first-order valence-corrected chi connectivity index (χ1v) is 8.54. The SMILES string of the molecule is COCCOc1nc2c(cc1Cc1ccc(F)cc1)N(C(=O)O)C(C)CO2. The van der Waals surface area contributed by atoms with Crippen molar-refractivity contribution in [3.05, 3.63) is 47.3 Å². The number of carboxylic acid groups (broad SMARTS) is 1. The number of halogens is 1. The molecule has 8 heteroatoms. The average Bonchev–Trinajstić information content (AvgIpc) is 2.64.